The number of imidazole rings is 1. The van der Waals surface area contributed by atoms with Crippen molar-refractivity contribution in [3.8, 4) is 11.3 Å². The number of ether oxygens (including phenoxy) is 1. The number of nitrogens with two attached hydrogens (primary N) is 1. The third-order valence-electron chi connectivity index (χ3n) is 7.19. The number of aliphatic hydroxyl groups excluding tert-OH is 2. The number of rotatable bonds is 11. The lowest BCUT2D eigenvalue weighted by Crippen LogP contribution is -2.49. The number of hydrogen-bond donors (Lipinski definition) is 3. The summed E-state index contributed by atoms with van der Waals surface area (Å²) in [6.07, 6.45) is 4.68. The van der Waals surface area contributed by atoms with Crippen LogP contribution in [0.5, 0.6) is 0 Å². The number of unbranched alkanes of at least 4 members (excludes halogenated alkanes) is 1. The van der Waals surface area contributed by atoms with Gasteiger partial charge < -0.3 is 29.6 Å². The van der Waals surface area contributed by atoms with Crippen molar-refractivity contribution in [2.75, 3.05) is 32.9 Å². The second-order valence-electron chi connectivity index (χ2n) is 10.7. The highest BCUT2D eigenvalue weighted by Crippen LogP contribution is 2.33. The number of Topliss-reactive ketones (excluding diaryl/α,β-unsaturated/α-hetero) is 1. The summed E-state index contributed by atoms with van der Waals surface area (Å²) in [5.41, 5.74) is 8.57. The molecule has 4 N–H and O–H groups in total. The van der Waals surface area contributed by atoms with E-state index in [9.17, 15) is 15.0 Å². The molecule has 4 aromatic rings. The summed E-state index contributed by atoms with van der Waals surface area (Å²) < 4.78 is 13.6. The minimum atomic E-state index is -1.15. The lowest BCUT2D eigenvalue weighted by molar-refractivity contribution is -0.894. The number of nitrogens with zero attached hydrogens (tertiary/aromatic N) is 6. The number of aliphatic hydroxyl groups is 2. The summed E-state index contributed by atoms with van der Waals surface area (Å²) >= 11 is 0. The fourth-order valence-corrected chi connectivity index (χ4v) is 5.12. The van der Waals surface area contributed by atoms with Gasteiger partial charge in [0.2, 0.25) is 0 Å². The minimum Gasteiger partial charge on any atom is -0.444 e. The van der Waals surface area contributed by atoms with Crippen molar-refractivity contribution in [2.24, 2.45) is 0 Å². The molecule has 12 nitrogen and oxygen atoms in total. The van der Waals surface area contributed by atoms with Gasteiger partial charge in [-0.2, -0.15) is 0 Å². The molecule has 0 amide bonds. The lowest BCUT2D eigenvalue weighted by atomic mass is 10.0. The average molecular weight is 537 g/mol. The first-order valence-corrected chi connectivity index (χ1v) is 13.0. The Bertz CT molecular complexity index is 1420. The van der Waals surface area contributed by atoms with E-state index >= 15 is 0 Å². The van der Waals surface area contributed by atoms with E-state index in [4.69, 9.17) is 14.9 Å². The van der Waals surface area contributed by atoms with Crippen molar-refractivity contribution in [2.45, 2.75) is 50.2 Å². The molecule has 0 unspecified atom stereocenters. The zero-order chi connectivity index (χ0) is 27.6. The second-order valence-corrected chi connectivity index (χ2v) is 10.7. The van der Waals surface area contributed by atoms with Crippen LogP contribution in [0.1, 0.15) is 31.1 Å². The molecular weight excluding hydrogens is 502 g/mol. The van der Waals surface area contributed by atoms with Gasteiger partial charge in [-0.05, 0) is 24.5 Å². The topological polar surface area (TPSA) is 162 Å². The Kier molecular flexibility index (Phi) is 7.71. The summed E-state index contributed by atoms with van der Waals surface area (Å²) in [6, 6.07) is 7.75. The standard InChI is InChI=1S/C27H34N7O5/c1-34(2,9-4-3-8-19(35)11-17-6-5-7-18(10-17)20-12-29-16-38-20)13-21-23(36)24(37)27(39-21)33-15-32-22-25(28)30-14-31-26(22)33/h5-7,10,12,14-16,21,23-24,27,36-37H,3-4,8-9,11,13H2,1-2H3,(H2,28,30,31)/q+1/t21-,23-,24-,27-/m1/s1. The zero-order valence-corrected chi connectivity index (χ0v) is 22.1. The number of carbonyl (C=O) groups excluding carboxylic acids is 1. The predicted octanol–water partition coefficient (Wildman–Crippen LogP) is 1.74. The van der Waals surface area contributed by atoms with Gasteiger partial charge in [0.05, 0.1) is 33.2 Å². The maximum atomic E-state index is 12.6. The van der Waals surface area contributed by atoms with Crippen LogP contribution in [0.2, 0.25) is 0 Å². The minimum absolute atomic E-state index is 0.188. The average Bonchev–Trinajstić information content (AvgIpc) is 3.64. The highest BCUT2D eigenvalue weighted by atomic mass is 16.6. The number of ketones is 1. The number of likely N-dealkylation sites (N-methyl/N-ethyl adjacent to an activating group) is 1. The van der Waals surface area contributed by atoms with Crippen LogP contribution in [-0.2, 0) is 16.0 Å². The molecule has 1 aliphatic heterocycles. The molecule has 0 spiro atoms. The maximum Gasteiger partial charge on any atom is 0.181 e. The third kappa shape index (κ3) is 5.98. The molecule has 4 atom stereocenters. The van der Waals surface area contributed by atoms with E-state index in [1.807, 2.05) is 38.4 Å². The number of hydrogen-bond acceptors (Lipinski definition) is 10. The molecular formula is C27H34N7O5+. The quantitative estimate of drug-likeness (QED) is 0.190. The monoisotopic (exact) mass is 536 g/mol. The van der Waals surface area contributed by atoms with Crippen molar-refractivity contribution in [3.05, 3.63) is 55.1 Å². The Hall–Kier alpha value is -3.71. The van der Waals surface area contributed by atoms with Gasteiger partial charge in [0.25, 0.3) is 0 Å². The van der Waals surface area contributed by atoms with Crippen LogP contribution >= 0.6 is 0 Å². The Morgan fingerprint density at radius 3 is 2.79 bits per heavy atom. The van der Waals surface area contributed by atoms with Gasteiger partial charge in [-0.15, -0.1) is 0 Å². The van der Waals surface area contributed by atoms with E-state index in [1.165, 1.54) is 19.0 Å². The van der Waals surface area contributed by atoms with Crippen LogP contribution in [0.3, 0.4) is 0 Å². The molecule has 206 valence electrons. The zero-order valence-electron chi connectivity index (χ0n) is 22.1. The summed E-state index contributed by atoms with van der Waals surface area (Å²) in [7, 11) is 4.10. The molecule has 1 aliphatic rings. The molecule has 5 rings (SSSR count). The van der Waals surface area contributed by atoms with E-state index in [0.717, 1.165) is 30.5 Å². The van der Waals surface area contributed by atoms with E-state index in [1.54, 1.807) is 10.8 Å². The van der Waals surface area contributed by atoms with Crippen molar-refractivity contribution in [1.82, 2.24) is 24.5 Å². The van der Waals surface area contributed by atoms with Crippen LogP contribution in [0.15, 0.2) is 53.9 Å². The van der Waals surface area contributed by atoms with Gasteiger partial charge in [-0.1, -0.05) is 18.2 Å². The number of quaternary nitrogens is 1. The normalized spacial score (nSPS) is 21.5. The van der Waals surface area contributed by atoms with E-state index in [2.05, 4.69) is 19.9 Å². The number of aromatic nitrogens is 5. The van der Waals surface area contributed by atoms with Gasteiger partial charge in [-0.25, -0.2) is 19.9 Å². The number of oxazole rings is 1. The number of fused-ring (bicyclic) bond motifs is 1. The fraction of sp³-hybridized carbons (Fsp3) is 0.444. The Morgan fingerprint density at radius 1 is 1.15 bits per heavy atom. The predicted molar refractivity (Wildman–Crippen MR) is 142 cm³/mol. The molecule has 1 aromatic carbocycles. The molecule has 0 aliphatic carbocycles. The van der Waals surface area contributed by atoms with E-state index < -0.39 is 24.5 Å². The molecule has 39 heavy (non-hydrogen) atoms. The molecule has 0 saturated carbocycles. The van der Waals surface area contributed by atoms with Gasteiger partial charge in [0.1, 0.15) is 42.5 Å². The SMILES string of the molecule is C[N+](C)(CCCCC(=O)Cc1cccc(-c2cnco2)c1)C[C@H]1O[C@@H](n2cnc3c(N)ncnc32)[C@H](O)[C@@H]1O. The highest BCUT2D eigenvalue weighted by molar-refractivity contribution is 5.81. The van der Waals surface area contributed by atoms with Gasteiger partial charge >= 0.3 is 0 Å². The number of nitrogen functional groups attached to an aromatic ring is 1. The second kappa shape index (κ2) is 11.2. The first kappa shape index (κ1) is 26.9. The summed E-state index contributed by atoms with van der Waals surface area (Å²) in [5, 5.41) is 21.5. The number of anilines is 1. The van der Waals surface area contributed by atoms with Crippen LogP contribution in [0, 0.1) is 0 Å². The molecule has 4 heterocycles. The van der Waals surface area contributed by atoms with Crippen molar-refractivity contribution < 1.29 is 28.6 Å². The van der Waals surface area contributed by atoms with Gasteiger partial charge in [0.15, 0.2) is 29.8 Å². The first-order valence-electron chi connectivity index (χ1n) is 13.0. The van der Waals surface area contributed by atoms with E-state index in [-0.39, 0.29) is 11.6 Å². The summed E-state index contributed by atoms with van der Waals surface area (Å²) in [4.78, 5) is 28.9. The summed E-state index contributed by atoms with van der Waals surface area (Å²) in [6.45, 7) is 1.28. The molecule has 3 aromatic heterocycles. The van der Waals surface area contributed by atoms with Crippen LogP contribution in [0.25, 0.3) is 22.5 Å². The highest BCUT2D eigenvalue weighted by Gasteiger charge is 2.46. The molecule has 0 bridgehead atoms. The first-order chi connectivity index (χ1) is 18.7. The molecule has 12 heteroatoms. The number of benzene rings is 1. The third-order valence-corrected chi connectivity index (χ3v) is 7.19. The van der Waals surface area contributed by atoms with Crippen LogP contribution in [0.4, 0.5) is 5.82 Å². The smallest absolute Gasteiger partial charge is 0.181 e. The molecule has 0 radical (unpaired) electrons. The maximum absolute atomic E-state index is 12.6. The van der Waals surface area contributed by atoms with Crippen molar-refractivity contribution in [3.63, 3.8) is 0 Å². The summed E-state index contributed by atoms with van der Waals surface area (Å²) in [5.74, 6) is 1.10. The van der Waals surface area contributed by atoms with Crippen molar-refractivity contribution >= 4 is 22.8 Å². The Balaban J connectivity index is 1.10. The van der Waals surface area contributed by atoms with Gasteiger partial charge in [-0.3, -0.25) is 9.36 Å². The lowest BCUT2D eigenvalue weighted by Gasteiger charge is -2.33. The molecule has 1 saturated heterocycles. The Labute approximate surface area is 225 Å². The van der Waals surface area contributed by atoms with Gasteiger partial charge in [0, 0.05) is 18.4 Å². The molecule has 1 fully saturated rings. The van der Waals surface area contributed by atoms with Crippen LogP contribution < -0.4 is 5.73 Å². The fourth-order valence-electron chi connectivity index (χ4n) is 5.12. The van der Waals surface area contributed by atoms with Crippen LogP contribution in [-0.4, -0.2) is 90.5 Å². The largest absolute Gasteiger partial charge is 0.444 e. The number of carbonyl (C=O) groups is 1. The van der Waals surface area contributed by atoms with E-state index in [0.29, 0.717) is 40.8 Å². The Morgan fingerprint density at radius 2 is 2.00 bits per heavy atom. The van der Waals surface area contributed by atoms with Crippen molar-refractivity contribution in [1.29, 1.82) is 0 Å².